The number of carbonyl (C=O) groups excluding carboxylic acids is 1. The summed E-state index contributed by atoms with van der Waals surface area (Å²) in [6, 6.07) is 0. The molecule has 0 bridgehead atoms. The minimum Gasteiger partial charge on any atom is -0.444 e. The molecule has 0 aromatic heterocycles. The topological polar surface area (TPSA) is 49.8 Å². The molecule has 0 aliphatic carbocycles. The predicted molar refractivity (Wildman–Crippen MR) is 57.7 cm³/mol. The van der Waals surface area contributed by atoms with E-state index in [4.69, 9.17) is 4.74 Å². The molecule has 0 aromatic rings. The maximum absolute atomic E-state index is 11.7. The van der Waals surface area contributed by atoms with Gasteiger partial charge in [-0.15, -0.1) is 0 Å². The van der Waals surface area contributed by atoms with Crippen molar-refractivity contribution in [3.63, 3.8) is 0 Å². The number of amides is 1. The third-order valence-corrected chi connectivity index (χ3v) is 2.64. The first-order valence-electron chi connectivity index (χ1n) is 5.46. The van der Waals surface area contributed by atoms with Crippen LogP contribution in [0.15, 0.2) is 0 Å². The molecule has 1 amide bonds. The smallest absolute Gasteiger partial charge is 0.410 e. The number of hydrogen-bond donors (Lipinski definition) is 1. The van der Waals surface area contributed by atoms with Crippen LogP contribution in [0.5, 0.6) is 0 Å². The second-order valence-electron chi connectivity index (χ2n) is 5.23. The molecule has 1 N–H and O–H groups in total. The average molecular weight is 215 g/mol. The summed E-state index contributed by atoms with van der Waals surface area (Å²) in [4.78, 5) is 13.2. The van der Waals surface area contributed by atoms with Crippen molar-refractivity contribution in [2.75, 3.05) is 13.1 Å². The Morgan fingerprint density at radius 1 is 1.53 bits per heavy atom. The summed E-state index contributed by atoms with van der Waals surface area (Å²) in [5, 5.41) is 9.97. The summed E-state index contributed by atoms with van der Waals surface area (Å²) in [7, 11) is 0. The fourth-order valence-electron chi connectivity index (χ4n) is 1.63. The Bertz CT molecular complexity index is 247. The maximum Gasteiger partial charge on any atom is 0.410 e. The highest BCUT2D eigenvalue weighted by molar-refractivity contribution is 5.68. The van der Waals surface area contributed by atoms with E-state index in [-0.39, 0.29) is 6.09 Å². The van der Waals surface area contributed by atoms with Gasteiger partial charge in [0.1, 0.15) is 5.60 Å². The van der Waals surface area contributed by atoms with E-state index in [1.54, 1.807) is 4.90 Å². The van der Waals surface area contributed by atoms with Gasteiger partial charge in [-0.25, -0.2) is 4.79 Å². The van der Waals surface area contributed by atoms with Gasteiger partial charge in [0.05, 0.1) is 12.1 Å². The van der Waals surface area contributed by atoms with E-state index in [0.29, 0.717) is 25.9 Å². The van der Waals surface area contributed by atoms with Gasteiger partial charge >= 0.3 is 6.09 Å². The van der Waals surface area contributed by atoms with Gasteiger partial charge in [-0.1, -0.05) is 6.92 Å². The minimum absolute atomic E-state index is 0.327. The number of carbonyl (C=O) groups is 1. The predicted octanol–water partition coefficient (Wildman–Crippen LogP) is 1.77. The first kappa shape index (κ1) is 12.3. The first-order valence-corrected chi connectivity index (χ1v) is 5.46. The molecule has 4 nitrogen and oxygen atoms in total. The molecule has 88 valence electrons. The van der Waals surface area contributed by atoms with Crippen LogP contribution in [0.25, 0.3) is 0 Å². The summed E-state index contributed by atoms with van der Waals surface area (Å²) in [5.41, 5.74) is -1.18. The SMILES string of the molecule is CCC1(O)CCN(C(=O)OC(C)(C)C)C1. The molecule has 0 spiro atoms. The maximum atomic E-state index is 11.7. The zero-order chi connectivity index (χ0) is 11.7. The van der Waals surface area contributed by atoms with Gasteiger partial charge in [-0.05, 0) is 33.6 Å². The Morgan fingerprint density at radius 2 is 2.13 bits per heavy atom. The van der Waals surface area contributed by atoms with Crippen LogP contribution in [-0.2, 0) is 4.74 Å². The van der Waals surface area contributed by atoms with E-state index in [1.165, 1.54) is 0 Å². The molecule has 1 fully saturated rings. The monoisotopic (exact) mass is 215 g/mol. The number of aliphatic hydroxyl groups is 1. The summed E-state index contributed by atoms with van der Waals surface area (Å²) in [6.45, 7) is 8.42. The van der Waals surface area contributed by atoms with Gasteiger partial charge in [0, 0.05) is 6.54 Å². The van der Waals surface area contributed by atoms with Crippen molar-refractivity contribution < 1.29 is 14.6 Å². The van der Waals surface area contributed by atoms with Crippen molar-refractivity contribution in [3.8, 4) is 0 Å². The number of likely N-dealkylation sites (tertiary alicyclic amines) is 1. The zero-order valence-electron chi connectivity index (χ0n) is 10.0. The highest BCUT2D eigenvalue weighted by Gasteiger charge is 2.38. The van der Waals surface area contributed by atoms with Gasteiger partial charge in [0.25, 0.3) is 0 Å². The van der Waals surface area contributed by atoms with Crippen molar-refractivity contribution in [1.82, 2.24) is 4.90 Å². The third-order valence-electron chi connectivity index (χ3n) is 2.64. The molecule has 1 unspecified atom stereocenters. The Hall–Kier alpha value is -0.770. The van der Waals surface area contributed by atoms with Gasteiger partial charge in [0.15, 0.2) is 0 Å². The lowest BCUT2D eigenvalue weighted by Gasteiger charge is -2.25. The molecular weight excluding hydrogens is 194 g/mol. The highest BCUT2D eigenvalue weighted by Crippen LogP contribution is 2.25. The number of ether oxygens (including phenoxy) is 1. The fraction of sp³-hybridized carbons (Fsp3) is 0.909. The van der Waals surface area contributed by atoms with Gasteiger partial charge in [-0.3, -0.25) is 0 Å². The second-order valence-corrected chi connectivity index (χ2v) is 5.23. The van der Waals surface area contributed by atoms with E-state index >= 15 is 0 Å². The average Bonchev–Trinajstić information content (AvgIpc) is 2.46. The number of rotatable bonds is 1. The Balaban J connectivity index is 2.51. The number of hydrogen-bond acceptors (Lipinski definition) is 3. The van der Waals surface area contributed by atoms with Gasteiger partial charge in [0.2, 0.25) is 0 Å². The molecule has 1 aliphatic heterocycles. The lowest BCUT2D eigenvalue weighted by Crippen LogP contribution is -2.38. The molecule has 4 heteroatoms. The Kier molecular flexibility index (Phi) is 3.28. The fourth-order valence-corrected chi connectivity index (χ4v) is 1.63. The largest absolute Gasteiger partial charge is 0.444 e. The number of nitrogens with zero attached hydrogens (tertiary/aromatic N) is 1. The molecule has 15 heavy (non-hydrogen) atoms. The summed E-state index contributed by atoms with van der Waals surface area (Å²) < 4.78 is 5.24. The standard InChI is InChI=1S/C11H21NO3/c1-5-11(14)6-7-12(8-11)9(13)15-10(2,3)4/h14H,5-8H2,1-4H3. The quantitative estimate of drug-likeness (QED) is 0.725. The first-order chi connectivity index (χ1) is 6.76. The van der Waals surface area contributed by atoms with E-state index in [0.717, 1.165) is 0 Å². The van der Waals surface area contributed by atoms with Crippen molar-refractivity contribution >= 4 is 6.09 Å². The molecule has 1 atom stereocenters. The highest BCUT2D eigenvalue weighted by atomic mass is 16.6. The van der Waals surface area contributed by atoms with Gasteiger partial charge < -0.3 is 14.7 Å². The van der Waals surface area contributed by atoms with Crippen LogP contribution >= 0.6 is 0 Å². The normalized spacial score (nSPS) is 26.9. The molecule has 1 rings (SSSR count). The van der Waals surface area contributed by atoms with Gasteiger partial charge in [-0.2, -0.15) is 0 Å². The van der Waals surface area contributed by atoms with Crippen LogP contribution < -0.4 is 0 Å². The Morgan fingerprint density at radius 3 is 2.53 bits per heavy atom. The van der Waals surface area contributed by atoms with Crippen molar-refractivity contribution in [1.29, 1.82) is 0 Å². The zero-order valence-corrected chi connectivity index (χ0v) is 10.0. The van der Waals surface area contributed by atoms with Crippen LogP contribution in [0.2, 0.25) is 0 Å². The molecule has 1 saturated heterocycles. The van der Waals surface area contributed by atoms with Crippen LogP contribution in [0.1, 0.15) is 40.5 Å². The minimum atomic E-state index is -0.711. The van der Waals surface area contributed by atoms with E-state index in [9.17, 15) is 9.90 Å². The lowest BCUT2D eigenvalue weighted by atomic mass is 10.0. The van der Waals surface area contributed by atoms with Crippen LogP contribution in [0.3, 0.4) is 0 Å². The second kappa shape index (κ2) is 4.00. The summed E-state index contributed by atoms with van der Waals surface area (Å²) >= 11 is 0. The van der Waals surface area contributed by atoms with Crippen molar-refractivity contribution in [2.24, 2.45) is 0 Å². The molecule has 0 saturated carbocycles. The van der Waals surface area contributed by atoms with Crippen LogP contribution in [-0.4, -0.2) is 40.4 Å². The summed E-state index contributed by atoms with van der Waals surface area (Å²) in [5.74, 6) is 0. The van der Waals surface area contributed by atoms with Crippen molar-refractivity contribution in [2.45, 2.75) is 51.7 Å². The Labute approximate surface area is 91.2 Å². The third kappa shape index (κ3) is 3.38. The number of β-amino-alcohol motifs (C(OH)–C–C–N with tert-alkyl or cyclic N) is 1. The molecular formula is C11H21NO3. The summed E-state index contributed by atoms with van der Waals surface area (Å²) in [6.07, 6.45) is 0.988. The molecule has 1 aliphatic rings. The lowest BCUT2D eigenvalue weighted by molar-refractivity contribution is 0.0142. The van der Waals surface area contributed by atoms with E-state index in [2.05, 4.69) is 0 Å². The van der Waals surface area contributed by atoms with E-state index < -0.39 is 11.2 Å². The molecule has 0 aromatic carbocycles. The van der Waals surface area contributed by atoms with Crippen LogP contribution in [0.4, 0.5) is 4.79 Å². The molecule has 0 radical (unpaired) electrons. The van der Waals surface area contributed by atoms with Crippen molar-refractivity contribution in [3.05, 3.63) is 0 Å². The molecule has 1 heterocycles. The van der Waals surface area contributed by atoms with E-state index in [1.807, 2.05) is 27.7 Å². The van der Waals surface area contributed by atoms with Crippen LogP contribution in [0, 0.1) is 0 Å².